The molecule has 0 fully saturated rings. The average Bonchev–Trinajstić information content (AvgIpc) is 2.23. The highest BCUT2D eigenvalue weighted by Gasteiger charge is 2.19. The van der Waals surface area contributed by atoms with Crippen LogP contribution in [0.25, 0.3) is 0 Å². The van der Waals surface area contributed by atoms with Gasteiger partial charge in [0, 0.05) is 11.3 Å². The number of aryl methyl sites for hydroxylation is 1. The Bertz CT molecular complexity index is 430. The minimum Gasteiger partial charge on any atom is -0.480 e. The van der Waals surface area contributed by atoms with Crippen LogP contribution in [-0.4, -0.2) is 39.7 Å². The van der Waals surface area contributed by atoms with Gasteiger partial charge in [0.2, 0.25) is 0 Å². The second-order valence-corrected chi connectivity index (χ2v) is 3.75. The predicted molar refractivity (Wildman–Crippen MR) is 60.0 cm³/mol. The number of carboxylic acid groups (broad SMARTS) is 1. The molecule has 0 saturated carbocycles. The van der Waals surface area contributed by atoms with Gasteiger partial charge in [-0.2, -0.15) is 0 Å². The Morgan fingerprint density at radius 3 is 2.65 bits per heavy atom. The molecule has 92 valence electrons. The Labute approximate surface area is 102 Å². The predicted octanol–water partition coefficient (Wildman–Crippen LogP) is 0.219. The summed E-state index contributed by atoms with van der Waals surface area (Å²) in [6, 6.07) is 1.45. The first-order valence-electron chi connectivity index (χ1n) is 4.72. The molecule has 1 aromatic rings. The van der Waals surface area contributed by atoms with Crippen LogP contribution < -0.4 is 5.32 Å². The van der Waals surface area contributed by atoms with E-state index in [0.29, 0.717) is 5.69 Å². The van der Waals surface area contributed by atoms with Gasteiger partial charge in [0.15, 0.2) is 6.04 Å². The molecular weight excluding hydrogens is 248 g/mol. The number of aliphatic hydroxyl groups is 1. The number of carbonyl (C=O) groups excluding carboxylic acids is 1. The molecule has 0 radical (unpaired) electrons. The summed E-state index contributed by atoms with van der Waals surface area (Å²) in [6.07, 6.45) is 0. The van der Waals surface area contributed by atoms with Crippen LogP contribution in [-0.2, 0) is 4.79 Å². The van der Waals surface area contributed by atoms with Crippen LogP contribution in [0.15, 0.2) is 12.1 Å². The lowest BCUT2D eigenvalue weighted by Gasteiger charge is -2.11. The molecule has 0 spiro atoms. The number of aliphatic hydroxyl groups excluding tert-OH is 1. The summed E-state index contributed by atoms with van der Waals surface area (Å²) in [5.74, 6) is -1.93. The number of nitrogens with zero attached hydrogens (tertiary/aromatic N) is 1. The van der Waals surface area contributed by atoms with E-state index in [0.717, 1.165) is 0 Å². The van der Waals surface area contributed by atoms with E-state index in [-0.39, 0.29) is 10.7 Å². The molecule has 6 nitrogen and oxygen atoms in total. The molecule has 0 aliphatic heterocycles. The Hall–Kier alpha value is -1.66. The topological polar surface area (TPSA) is 99.5 Å². The Morgan fingerprint density at radius 2 is 2.18 bits per heavy atom. The lowest BCUT2D eigenvalue weighted by atomic mass is 10.2. The Balaban J connectivity index is 2.86. The van der Waals surface area contributed by atoms with E-state index in [1.54, 1.807) is 6.92 Å². The molecule has 0 aliphatic carbocycles. The molecule has 0 aromatic carbocycles. The SMILES string of the molecule is Cc1cc(C(=O)N[C@@H](CO)C(=O)O)cc(Cl)n1. The molecule has 1 rings (SSSR count). The first-order valence-corrected chi connectivity index (χ1v) is 5.10. The molecule has 0 bridgehead atoms. The van der Waals surface area contributed by atoms with Crippen LogP contribution in [0.1, 0.15) is 16.1 Å². The van der Waals surface area contributed by atoms with E-state index in [1.807, 2.05) is 0 Å². The smallest absolute Gasteiger partial charge is 0.328 e. The Kier molecular flexibility index (Phi) is 4.42. The van der Waals surface area contributed by atoms with Gasteiger partial charge in [-0.25, -0.2) is 9.78 Å². The van der Waals surface area contributed by atoms with E-state index in [9.17, 15) is 9.59 Å². The normalized spacial score (nSPS) is 11.9. The summed E-state index contributed by atoms with van der Waals surface area (Å²) in [4.78, 5) is 26.1. The summed E-state index contributed by atoms with van der Waals surface area (Å²) < 4.78 is 0. The second kappa shape index (κ2) is 5.60. The van der Waals surface area contributed by atoms with E-state index in [2.05, 4.69) is 10.3 Å². The third-order valence-corrected chi connectivity index (χ3v) is 2.16. The summed E-state index contributed by atoms with van der Waals surface area (Å²) in [6.45, 7) is 0.974. The molecule has 0 saturated heterocycles. The second-order valence-electron chi connectivity index (χ2n) is 3.37. The van der Waals surface area contributed by atoms with Crippen LogP contribution in [0.3, 0.4) is 0 Å². The van der Waals surface area contributed by atoms with Crippen molar-refractivity contribution in [3.8, 4) is 0 Å². The van der Waals surface area contributed by atoms with Gasteiger partial charge >= 0.3 is 5.97 Å². The molecule has 1 heterocycles. The number of pyridine rings is 1. The van der Waals surface area contributed by atoms with Crippen molar-refractivity contribution in [1.82, 2.24) is 10.3 Å². The van der Waals surface area contributed by atoms with Gasteiger partial charge in [-0.3, -0.25) is 4.79 Å². The van der Waals surface area contributed by atoms with Gasteiger partial charge in [-0.1, -0.05) is 11.6 Å². The molecule has 3 N–H and O–H groups in total. The Morgan fingerprint density at radius 1 is 1.53 bits per heavy atom. The van der Waals surface area contributed by atoms with Gasteiger partial charge in [0.05, 0.1) is 6.61 Å². The highest BCUT2D eigenvalue weighted by atomic mass is 35.5. The minimum atomic E-state index is -1.34. The van der Waals surface area contributed by atoms with Crippen molar-refractivity contribution in [2.24, 2.45) is 0 Å². The minimum absolute atomic E-state index is 0.144. The molecule has 0 aliphatic rings. The zero-order valence-electron chi connectivity index (χ0n) is 8.98. The molecule has 0 unspecified atom stereocenters. The number of carbonyl (C=O) groups is 2. The maximum absolute atomic E-state index is 11.7. The van der Waals surface area contributed by atoms with Gasteiger partial charge in [0.1, 0.15) is 5.15 Å². The summed E-state index contributed by atoms with van der Waals surface area (Å²) in [7, 11) is 0. The number of aliphatic carboxylic acids is 1. The molecule has 17 heavy (non-hydrogen) atoms. The highest BCUT2D eigenvalue weighted by molar-refractivity contribution is 6.29. The van der Waals surface area contributed by atoms with Gasteiger partial charge in [0.25, 0.3) is 5.91 Å². The van der Waals surface area contributed by atoms with E-state index in [4.69, 9.17) is 21.8 Å². The zero-order valence-corrected chi connectivity index (χ0v) is 9.73. The van der Waals surface area contributed by atoms with Gasteiger partial charge in [-0.15, -0.1) is 0 Å². The van der Waals surface area contributed by atoms with Crippen LogP contribution >= 0.6 is 11.6 Å². The van der Waals surface area contributed by atoms with Crippen LogP contribution in [0.5, 0.6) is 0 Å². The van der Waals surface area contributed by atoms with Crippen LogP contribution in [0, 0.1) is 6.92 Å². The monoisotopic (exact) mass is 258 g/mol. The fourth-order valence-corrected chi connectivity index (χ4v) is 1.44. The number of halogens is 1. The van der Waals surface area contributed by atoms with Crippen molar-refractivity contribution in [3.05, 3.63) is 28.5 Å². The van der Waals surface area contributed by atoms with E-state index < -0.39 is 24.5 Å². The van der Waals surface area contributed by atoms with Crippen molar-refractivity contribution < 1.29 is 19.8 Å². The summed E-state index contributed by atoms with van der Waals surface area (Å²) in [5.41, 5.74) is 0.737. The first kappa shape index (κ1) is 13.4. The number of aromatic nitrogens is 1. The maximum atomic E-state index is 11.7. The number of nitrogens with one attached hydrogen (secondary N) is 1. The number of amides is 1. The zero-order chi connectivity index (χ0) is 13.0. The van der Waals surface area contributed by atoms with E-state index in [1.165, 1.54) is 12.1 Å². The largest absolute Gasteiger partial charge is 0.480 e. The average molecular weight is 259 g/mol. The lowest BCUT2D eigenvalue weighted by molar-refractivity contribution is -0.140. The first-order chi connectivity index (χ1) is 7.93. The number of hydrogen-bond donors (Lipinski definition) is 3. The van der Waals surface area contributed by atoms with Crippen molar-refractivity contribution >= 4 is 23.5 Å². The van der Waals surface area contributed by atoms with Gasteiger partial charge < -0.3 is 15.5 Å². The lowest BCUT2D eigenvalue weighted by Crippen LogP contribution is -2.43. The fraction of sp³-hybridized carbons (Fsp3) is 0.300. The van der Waals surface area contributed by atoms with Crippen molar-refractivity contribution in [3.63, 3.8) is 0 Å². The van der Waals surface area contributed by atoms with Crippen molar-refractivity contribution in [2.75, 3.05) is 6.61 Å². The molecule has 1 atom stereocenters. The summed E-state index contributed by atoms with van der Waals surface area (Å²) in [5, 5.41) is 19.7. The van der Waals surface area contributed by atoms with E-state index >= 15 is 0 Å². The van der Waals surface area contributed by atoms with Gasteiger partial charge in [-0.05, 0) is 19.1 Å². The molecule has 1 aromatic heterocycles. The third kappa shape index (κ3) is 3.69. The molecule has 7 heteroatoms. The number of hydrogen-bond acceptors (Lipinski definition) is 4. The number of rotatable bonds is 4. The maximum Gasteiger partial charge on any atom is 0.328 e. The van der Waals surface area contributed by atoms with Crippen LogP contribution in [0.4, 0.5) is 0 Å². The van der Waals surface area contributed by atoms with Crippen molar-refractivity contribution in [2.45, 2.75) is 13.0 Å². The molecular formula is C10H11ClN2O4. The standard InChI is InChI=1S/C10H11ClN2O4/c1-5-2-6(3-8(11)12-5)9(15)13-7(4-14)10(16)17/h2-3,7,14H,4H2,1H3,(H,13,15)(H,16,17)/t7-/m0/s1. The summed E-state index contributed by atoms with van der Waals surface area (Å²) >= 11 is 5.67. The fourth-order valence-electron chi connectivity index (χ4n) is 1.19. The van der Waals surface area contributed by atoms with Crippen LogP contribution in [0.2, 0.25) is 5.15 Å². The quantitative estimate of drug-likeness (QED) is 0.671. The number of carboxylic acids is 1. The van der Waals surface area contributed by atoms with Crippen molar-refractivity contribution in [1.29, 1.82) is 0 Å². The highest BCUT2D eigenvalue weighted by Crippen LogP contribution is 2.10. The molecule has 1 amide bonds. The third-order valence-electron chi connectivity index (χ3n) is 1.97.